The van der Waals surface area contributed by atoms with Crippen LogP contribution in [0.2, 0.25) is 10.0 Å². The molecule has 0 fully saturated rings. The normalized spacial score (nSPS) is 12.6. The van der Waals surface area contributed by atoms with Crippen molar-refractivity contribution in [3.05, 3.63) is 33.8 Å². The fourth-order valence-corrected chi connectivity index (χ4v) is 1.58. The lowest BCUT2D eigenvalue weighted by Gasteiger charge is -2.13. The maximum atomic E-state index is 12.0. The number of hydrogen-bond acceptors (Lipinski definition) is 2. The van der Waals surface area contributed by atoms with E-state index >= 15 is 0 Å². The molecule has 0 aromatic heterocycles. The summed E-state index contributed by atoms with van der Waals surface area (Å²) in [6, 6.07) is 4.56. The van der Waals surface area contributed by atoms with Gasteiger partial charge in [0.25, 0.3) is 0 Å². The van der Waals surface area contributed by atoms with Crippen molar-refractivity contribution in [1.82, 2.24) is 5.32 Å². The highest BCUT2D eigenvalue weighted by atomic mass is 35.5. The second-order valence-corrected chi connectivity index (χ2v) is 4.41. The van der Waals surface area contributed by atoms with Gasteiger partial charge in [-0.15, -0.1) is 0 Å². The van der Waals surface area contributed by atoms with E-state index in [-0.39, 0.29) is 15.6 Å². The SMILES string of the molecule is N#CC(NC(=O)CC(F)(F)F)c1ccc(Cl)c(Cl)c1. The highest BCUT2D eigenvalue weighted by Gasteiger charge is 2.32. The Labute approximate surface area is 116 Å². The van der Waals surface area contributed by atoms with Crippen molar-refractivity contribution in [2.45, 2.75) is 18.6 Å². The second-order valence-electron chi connectivity index (χ2n) is 3.60. The van der Waals surface area contributed by atoms with Crippen LogP contribution >= 0.6 is 23.2 Å². The maximum absolute atomic E-state index is 12.0. The van der Waals surface area contributed by atoms with Gasteiger partial charge < -0.3 is 5.32 Å². The summed E-state index contributed by atoms with van der Waals surface area (Å²) in [6.45, 7) is 0. The maximum Gasteiger partial charge on any atom is 0.397 e. The molecule has 19 heavy (non-hydrogen) atoms. The van der Waals surface area contributed by atoms with Crippen molar-refractivity contribution in [3.63, 3.8) is 0 Å². The van der Waals surface area contributed by atoms with Gasteiger partial charge in [-0.05, 0) is 17.7 Å². The summed E-state index contributed by atoms with van der Waals surface area (Å²) >= 11 is 11.4. The molecule has 0 spiro atoms. The first-order valence-corrected chi connectivity index (χ1v) is 5.69. The zero-order chi connectivity index (χ0) is 14.6. The molecule has 0 aliphatic carbocycles. The van der Waals surface area contributed by atoms with E-state index in [0.717, 1.165) is 0 Å². The average Bonchev–Trinajstić information content (AvgIpc) is 2.27. The van der Waals surface area contributed by atoms with Crippen LogP contribution in [0.25, 0.3) is 0 Å². The van der Waals surface area contributed by atoms with Crippen LogP contribution in [0.4, 0.5) is 13.2 Å². The molecule has 3 nitrogen and oxygen atoms in total. The fraction of sp³-hybridized carbons (Fsp3) is 0.273. The summed E-state index contributed by atoms with van der Waals surface area (Å²) in [5.41, 5.74) is 0.257. The lowest BCUT2D eigenvalue weighted by molar-refractivity contribution is -0.154. The molecule has 1 unspecified atom stereocenters. The lowest BCUT2D eigenvalue weighted by atomic mass is 10.1. The predicted octanol–water partition coefficient (Wildman–Crippen LogP) is 3.63. The number of nitrogens with zero attached hydrogens (tertiary/aromatic N) is 1. The van der Waals surface area contributed by atoms with E-state index < -0.39 is 24.5 Å². The molecule has 0 aliphatic rings. The van der Waals surface area contributed by atoms with Crippen molar-refractivity contribution in [2.24, 2.45) is 0 Å². The van der Waals surface area contributed by atoms with E-state index in [2.05, 4.69) is 0 Å². The molecule has 1 amide bonds. The second kappa shape index (κ2) is 6.13. The fourth-order valence-electron chi connectivity index (χ4n) is 1.28. The number of carbonyl (C=O) groups is 1. The molecule has 0 saturated heterocycles. The van der Waals surface area contributed by atoms with Gasteiger partial charge in [-0.2, -0.15) is 18.4 Å². The van der Waals surface area contributed by atoms with Crippen LogP contribution in [0.3, 0.4) is 0 Å². The number of carbonyl (C=O) groups excluding carboxylic acids is 1. The molecule has 0 aliphatic heterocycles. The van der Waals surface area contributed by atoms with E-state index in [0.29, 0.717) is 0 Å². The number of hydrogen-bond donors (Lipinski definition) is 1. The van der Waals surface area contributed by atoms with E-state index in [1.54, 1.807) is 6.07 Å². The molecule has 102 valence electrons. The van der Waals surface area contributed by atoms with Crippen LogP contribution in [0.5, 0.6) is 0 Å². The molecule has 1 aromatic rings. The van der Waals surface area contributed by atoms with Crippen LogP contribution in [-0.4, -0.2) is 12.1 Å². The Hall–Kier alpha value is -1.45. The van der Waals surface area contributed by atoms with Crippen molar-refractivity contribution >= 4 is 29.1 Å². The van der Waals surface area contributed by atoms with Crippen LogP contribution in [0.1, 0.15) is 18.0 Å². The highest BCUT2D eigenvalue weighted by molar-refractivity contribution is 6.42. The summed E-state index contributed by atoms with van der Waals surface area (Å²) in [5, 5.41) is 11.2. The minimum absolute atomic E-state index is 0.143. The number of amides is 1. The Morgan fingerprint density at radius 2 is 2.00 bits per heavy atom. The van der Waals surface area contributed by atoms with Crippen LogP contribution in [0.15, 0.2) is 18.2 Å². The molecule has 1 N–H and O–H groups in total. The van der Waals surface area contributed by atoms with Gasteiger partial charge >= 0.3 is 6.18 Å². The molecule has 1 rings (SSSR count). The van der Waals surface area contributed by atoms with E-state index in [1.165, 1.54) is 18.2 Å². The standard InChI is InChI=1S/C11H7Cl2F3N2O/c12-7-2-1-6(3-8(7)13)9(5-17)18-10(19)4-11(14,15)16/h1-3,9H,4H2,(H,18,19). The van der Waals surface area contributed by atoms with Gasteiger partial charge in [0, 0.05) is 0 Å². The first-order chi connectivity index (χ1) is 8.73. The van der Waals surface area contributed by atoms with Gasteiger partial charge in [0.1, 0.15) is 12.5 Å². The van der Waals surface area contributed by atoms with Gasteiger partial charge in [0.15, 0.2) is 0 Å². The third kappa shape index (κ3) is 4.97. The van der Waals surface area contributed by atoms with Gasteiger partial charge in [-0.3, -0.25) is 4.79 Å². The molecule has 1 aromatic carbocycles. The number of alkyl halides is 3. The largest absolute Gasteiger partial charge is 0.397 e. The number of rotatable bonds is 3. The Bertz CT molecular complexity index is 526. The minimum Gasteiger partial charge on any atom is -0.336 e. The smallest absolute Gasteiger partial charge is 0.336 e. The monoisotopic (exact) mass is 310 g/mol. The van der Waals surface area contributed by atoms with E-state index in [4.69, 9.17) is 28.5 Å². The average molecular weight is 311 g/mol. The first-order valence-electron chi connectivity index (χ1n) is 4.93. The van der Waals surface area contributed by atoms with Crippen LogP contribution in [0, 0.1) is 11.3 Å². The van der Waals surface area contributed by atoms with E-state index in [9.17, 15) is 18.0 Å². The molecule has 0 heterocycles. The Balaban J connectivity index is 2.82. The Morgan fingerprint density at radius 1 is 1.37 bits per heavy atom. The minimum atomic E-state index is -4.62. The topological polar surface area (TPSA) is 52.9 Å². The first kappa shape index (κ1) is 15.6. The molecule has 1 atom stereocenters. The quantitative estimate of drug-likeness (QED) is 0.927. The predicted molar refractivity (Wildman–Crippen MR) is 63.6 cm³/mol. The number of nitrogens with one attached hydrogen (secondary N) is 1. The van der Waals surface area contributed by atoms with Crippen molar-refractivity contribution in [2.75, 3.05) is 0 Å². The zero-order valence-corrected chi connectivity index (χ0v) is 10.8. The molecule has 0 radical (unpaired) electrons. The number of benzene rings is 1. The van der Waals surface area contributed by atoms with Crippen molar-refractivity contribution < 1.29 is 18.0 Å². The molecule has 0 saturated carbocycles. The summed E-state index contributed by atoms with van der Waals surface area (Å²) in [7, 11) is 0. The summed E-state index contributed by atoms with van der Waals surface area (Å²) in [4.78, 5) is 11.1. The molecule has 0 bridgehead atoms. The lowest BCUT2D eigenvalue weighted by Crippen LogP contribution is -2.31. The zero-order valence-electron chi connectivity index (χ0n) is 9.26. The van der Waals surface area contributed by atoms with Crippen molar-refractivity contribution in [1.29, 1.82) is 5.26 Å². The number of halogens is 5. The Kier molecular flexibility index (Phi) is 5.04. The summed E-state index contributed by atoms with van der Waals surface area (Å²) in [6.07, 6.45) is -6.27. The number of nitriles is 1. The summed E-state index contributed by atoms with van der Waals surface area (Å²) < 4.78 is 36.0. The van der Waals surface area contributed by atoms with Gasteiger partial charge in [0.2, 0.25) is 5.91 Å². The molecule has 8 heteroatoms. The van der Waals surface area contributed by atoms with Crippen molar-refractivity contribution in [3.8, 4) is 6.07 Å². The van der Waals surface area contributed by atoms with Crippen LogP contribution < -0.4 is 5.32 Å². The highest BCUT2D eigenvalue weighted by Crippen LogP contribution is 2.26. The Morgan fingerprint density at radius 3 is 2.47 bits per heavy atom. The third-order valence-corrected chi connectivity index (χ3v) is 2.81. The van der Waals surface area contributed by atoms with Gasteiger partial charge in [-0.1, -0.05) is 29.3 Å². The molecular weight excluding hydrogens is 304 g/mol. The third-order valence-electron chi connectivity index (χ3n) is 2.07. The van der Waals surface area contributed by atoms with E-state index in [1.807, 2.05) is 5.32 Å². The summed E-state index contributed by atoms with van der Waals surface area (Å²) in [5.74, 6) is -1.29. The van der Waals surface area contributed by atoms with Crippen LogP contribution in [-0.2, 0) is 4.79 Å². The van der Waals surface area contributed by atoms with Gasteiger partial charge in [0.05, 0.1) is 16.1 Å². The van der Waals surface area contributed by atoms with Gasteiger partial charge in [-0.25, -0.2) is 0 Å². The molecular formula is C11H7Cl2F3N2O.